The molecule has 0 saturated heterocycles. The summed E-state index contributed by atoms with van der Waals surface area (Å²) in [5.74, 6) is 0.798. The van der Waals surface area contributed by atoms with Crippen molar-refractivity contribution in [1.29, 1.82) is 0 Å². The second kappa shape index (κ2) is 2.68. The van der Waals surface area contributed by atoms with Crippen molar-refractivity contribution in [3.63, 3.8) is 0 Å². The van der Waals surface area contributed by atoms with E-state index in [-0.39, 0.29) is 0 Å². The van der Waals surface area contributed by atoms with Crippen LogP contribution in [0.15, 0.2) is 0 Å². The lowest BCUT2D eigenvalue weighted by Crippen LogP contribution is -1.91. The zero-order chi connectivity index (χ0) is 7.72. The summed E-state index contributed by atoms with van der Waals surface area (Å²) in [7, 11) is 0. The van der Waals surface area contributed by atoms with Gasteiger partial charge >= 0.3 is 0 Å². The minimum atomic E-state index is 0.468. The molecular weight excluding hydrogens is 168 g/mol. The van der Waals surface area contributed by atoms with Gasteiger partial charge in [0.05, 0.1) is 5.02 Å². The standard InChI is InChI=1S/C6H7ClN2S/c1-3-5(7)6(10)9-4(2)8-3/h1-2H3,(H,8,9,10). The van der Waals surface area contributed by atoms with Gasteiger partial charge in [-0.05, 0) is 13.8 Å². The Balaban J connectivity index is 3.46. The summed E-state index contributed by atoms with van der Waals surface area (Å²) in [6, 6.07) is 0. The molecule has 54 valence electrons. The number of H-pyrrole nitrogens is 1. The van der Waals surface area contributed by atoms with E-state index >= 15 is 0 Å². The molecule has 0 spiro atoms. The van der Waals surface area contributed by atoms with Crippen molar-refractivity contribution >= 4 is 23.8 Å². The van der Waals surface area contributed by atoms with Crippen molar-refractivity contribution in [3.8, 4) is 0 Å². The van der Waals surface area contributed by atoms with Gasteiger partial charge in [0.1, 0.15) is 10.5 Å². The van der Waals surface area contributed by atoms with Crippen LogP contribution >= 0.6 is 23.8 Å². The molecule has 1 heterocycles. The monoisotopic (exact) mass is 174 g/mol. The summed E-state index contributed by atoms with van der Waals surface area (Å²) in [5, 5.41) is 0.542. The van der Waals surface area contributed by atoms with Crippen LogP contribution in [0.25, 0.3) is 0 Å². The Kier molecular flexibility index (Phi) is 2.06. The van der Waals surface area contributed by atoms with E-state index in [1.165, 1.54) is 0 Å². The lowest BCUT2D eigenvalue weighted by atomic mass is 10.4. The maximum atomic E-state index is 5.75. The summed E-state index contributed by atoms with van der Waals surface area (Å²) in [6.45, 7) is 3.71. The average molecular weight is 175 g/mol. The Morgan fingerprint density at radius 2 is 2.10 bits per heavy atom. The molecule has 0 aliphatic rings. The number of nitrogens with one attached hydrogen (secondary N) is 1. The smallest absolute Gasteiger partial charge is 0.148 e. The van der Waals surface area contributed by atoms with Crippen molar-refractivity contribution in [2.45, 2.75) is 13.8 Å². The number of aromatic amines is 1. The fourth-order valence-electron chi connectivity index (χ4n) is 0.716. The number of hydrogen-bond donors (Lipinski definition) is 1. The highest BCUT2D eigenvalue weighted by molar-refractivity contribution is 7.71. The molecule has 2 nitrogen and oxygen atoms in total. The molecule has 1 aromatic heterocycles. The third kappa shape index (κ3) is 1.36. The highest BCUT2D eigenvalue weighted by atomic mass is 35.5. The van der Waals surface area contributed by atoms with Crippen LogP contribution in [0, 0.1) is 18.5 Å². The first kappa shape index (κ1) is 7.69. The summed E-state index contributed by atoms with van der Waals surface area (Å²) in [4.78, 5) is 6.93. The molecule has 0 atom stereocenters. The van der Waals surface area contributed by atoms with Crippen LogP contribution in [-0.2, 0) is 0 Å². The summed E-state index contributed by atoms with van der Waals surface area (Å²) in [5.41, 5.74) is 0.874. The van der Waals surface area contributed by atoms with Crippen LogP contribution < -0.4 is 0 Å². The van der Waals surface area contributed by atoms with Gasteiger partial charge in [-0.2, -0.15) is 0 Å². The van der Waals surface area contributed by atoms with Gasteiger partial charge in [-0.25, -0.2) is 4.98 Å². The first-order chi connectivity index (χ1) is 4.61. The van der Waals surface area contributed by atoms with E-state index in [1.54, 1.807) is 0 Å². The van der Waals surface area contributed by atoms with Gasteiger partial charge in [-0.15, -0.1) is 0 Å². The molecule has 0 aliphatic heterocycles. The van der Waals surface area contributed by atoms with Crippen molar-refractivity contribution in [1.82, 2.24) is 9.97 Å². The maximum absolute atomic E-state index is 5.75. The highest BCUT2D eigenvalue weighted by Gasteiger charge is 1.97. The van der Waals surface area contributed by atoms with Crippen molar-refractivity contribution in [3.05, 3.63) is 21.2 Å². The normalized spacial score (nSPS) is 9.90. The largest absolute Gasteiger partial charge is 0.346 e. The molecule has 0 radical (unpaired) electrons. The van der Waals surface area contributed by atoms with Gasteiger partial charge < -0.3 is 4.98 Å². The predicted molar refractivity (Wildman–Crippen MR) is 43.9 cm³/mol. The number of aromatic nitrogens is 2. The van der Waals surface area contributed by atoms with Gasteiger partial charge in [0.2, 0.25) is 0 Å². The minimum absolute atomic E-state index is 0.468. The molecule has 0 saturated carbocycles. The van der Waals surface area contributed by atoms with Crippen LogP contribution in [0.5, 0.6) is 0 Å². The third-order valence-corrected chi connectivity index (χ3v) is 2.02. The second-order valence-electron chi connectivity index (χ2n) is 2.07. The van der Waals surface area contributed by atoms with E-state index < -0.39 is 0 Å². The molecule has 0 bridgehead atoms. The van der Waals surface area contributed by atoms with Crippen LogP contribution in [0.4, 0.5) is 0 Å². The lowest BCUT2D eigenvalue weighted by molar-refractivity contribution is 1.00. The van der Waals surface area contributed by atoms with E-state index in [9.17, 15) is 0 Å². The Labute approximate surface area is 69.3 Å². The topological polar surface area (TPSA) is 28.7 Å². The Bertz CT molecular complexity index is 305. The van der Waals surface area contributed by atoms with Crippen LogP contribution in [0.3, 0.4) is 0 Å². The van der Waals surface area contributed by atoms with Gasteiger partial charge in [-0.3, -0.25) is 0 Å². The highest BCUT2D eigenvalue weighted by Crippen LogP contribution is 2.12. The molecule has 1 rings (SSSR count). The zero-order valence-electron chi connectivity index (χ0n) is 5.73. The van der Waals surface area contributed by atoms with E-state index in [0.29, 0.717) is 9.66 Å². The first-order valence-corrected chi connectivity index (χ1v) is 3.63. The van der Waals surface area contributed by atoms with E-state index in [0.717, 1.165) is 11.5 Å². The Morgan fingerprint density at radius 3 is 2.60 bits per heavy atom. The molecule has 0 aromatic carbocycles. The van der Waals surface area contributed by atoms with Gasteiger partial charge in [0, 0.05) is 5.69 Å². The van der Waals surface area contributed by atoms with Gasteiger partial charge in [0.25, 0.3) is 0 Å². The SMILES string of the molecule is Cc1nc(=S)c(Cl)c(C)[nH]1. The molecule has 10 heavy (non-hydrogen) atoms. The number of halogens is 1. The predicted octanol–water partition coefficient (Wildman–Crippen LogP) is 2.41. The zero-order valence-corrected chi connectivity index (χ0v) is 7.31. The molecule has 1 N–H and O–H groups in total. The molecular formula is C6H7ClN2S. The summed E-state index contributed by atoms with van der Waals surface area (Å²) >= 11 is 10.6. The number of rotatable bonds is 0. The second-order valence-corrected chi connectivity index (χ2v) is 2.83. The minimum Gasteiger partial charge on any atom is -0.346 e. The molecule has 1 aromatic rings. The molecule has 0 amide bonds. The van der Waals surface area contributed by atoms with Crippen molar-refractivity contribution in [2.24, 2.45) is 0 Å². The molecule has 4 heteroatoms. The van der Waals surface area contributed by atoms with Crippen LogP contribution in [0.1, 0.15) is 11.5 Å². The fourth-order valence-corrected chi connectivity index (χ4v) is 1.10. The molecule has 0 unspecified atom stereocenters. The molecule has 0 fully saturated rings. The fraction of sp³-hybridized carbons (Fsp3) is 0.333. The summed E-state index contributed by atoms with van der Waals surface area (Å²) < 4.78 is 0.468. The average Bonchev–Trinajstić information content (AvgIpc) is 1.82. The van der Waals surface area contributed by atoms with E-state index in [1.807, 2.05) is 13.8 Å². The summed E-state index contributed by atoms with van der Waals surface area (Å²) in [6.07, 6.45) is 0. The lowest BCUT2D eigenvalue weighted by Gasteiger charge is -1.98. The Morgan fingerprint density at radius 1 is 1.50 bits per heavy atom. The quantitative estimate of drug-likeness (QED) is 0.612. The van der Waals surface area contributed by atoms with Crippen molar-refractivity contribution in [2.75, 3.05) is 0 Å². The third-order valence-electron chi connectivity index (χ3n) is 1.15. The van der Waals surface area contributed by atoms with Gasteiger partial charge in [-0.1, -0.05) is 23.8 Å². The van der Waals surface area contributed by atoms with Crippen LogP contribution in [-0.4, -0.2) is 9.97 Å². The first-order valence-electron chi connectivity index (χ1n) is 2.84. The Hall–Kier alpha value is -0.410. The van der Waals surface area contributed by atoms with Crippen LogP contribution in [0.2, 0.25) is 5.02 Å². The maximum Gasteiger partial charge on any atom is 0.148 e. The molecule has 0 aliphatic carbocycles. The van der Waals surface area contributed by atoms with E-state index in [4.69, 9.17) is 23.8 Å². The van der Waals surface area contributed by atoms with Crippen molar-refractivity contribution < 1.29 is 0 Å². The number of aryl methyl sites for hydroxylation is 2. The number of nitrogens with zero attached hydrogens (tertiary/aromatic N) is 1. The van der Waals surface area contributed by atoms with E-state index in [2.05, 4.69) is 9.97 Å². The van der Waals surface area contributed by atoms with Gasteiger partial charge in [0.15, 0.2) is 0 Å². The number of hydrogen-bond acceptors (Lipinski definition) is 2.